The molecular formula is C31H51Na3O12S3. The van der Waals surface area contributed by atoms with Crippen LogP contribution in [0.1, 0.15) is 107 Å². The number of hydrogen-bond acceptors (Lipinski definition) is 12. The zero-order chi connectivity index (χ0) is 34.8. The summed E-state index contributed by atoms with van der Waals surface area (Å²) >= 11 is 0. The van der Waals surface area contributed by atoms with Gasteiger partial charge in [-0.2, -0.15) is 0 Å². The van der Waals surface area contributed by atoms with Crippen LogP contribution in [-0.4, -0.2) is 57.2 Å². The van der Waals surface area contributed by atoms with Crippen molar-refractivity contribution in [3.63, 3.8) is 0 Å². The van der Waals surface area contributed by atoms with Crippen LogP contribution in [0.5, 0.6) is 0 Å². The van der Waals surface area contributed by atoms with Gasteiger partial charge in [0.25, 0.3) is 0 Å². The van der Waals surface area contributed by atoms with Crippen LogP contribution in [-0.2, 0) is 43.7 Å². The molecule has 12 nitrogen and oxygen atoms in total. The summed E-state index contributed by atoms with van der Waals surface area (Å²) in [6.07, 6.45) is 2.08. The van der Waals surface area contributed by atoms with Gasteiger partial charge >= 0.3 is 88.7 Å². The van der Waals surface area contributed by atoms with Gasteiger partial charge in [-0.3, -0.25) is 12.5 Å². The van der Waals surface area contributed by atoms with Crippen LogP contribution < -0.4 is 88.7 Å². The van der Waals surface area contributed by atoms with Crippen LogP contribution in [0, 0.1) is 57.7 Å². The quantitative estimate of drug-likeness (QED) is 0.0856. The van der Waals surface area contributed by atoms with Gasteiger partial charge in [0.1, 0.15) is 12.2 Å². The maximum absolute atomic E-state index is 12.0. The molecule has 0 aromatic rings. The first kappa shape index (κ1) is 49.4. The minimum absolute atomic E-state index is 0. The summed E-state index contributed by atoms with van der Waals surface area (Å²) in [6.45, 7) is 17.6. The van der Waals surface area contributed by atoms with Crippen molar-refractivity contribution in [1.82, 2.24) is 0 Å². The first-order valence-corrected chi connectivity index (χ1v) is 20.4. The van der Waals surface area contributed by atoms with Crippen molar-refractivity contribution >= 4 is 31.2 Å². The van der Waals surface area contributed by atoms with Gasteiger partial charge in [-0.15, -0.1) is 0 Å². The summed E-state index contributed by atoms with van der Waals surface area (Å²) in [5, 5.41) is 0. The van der Waals surface area contributed by atoms with Crippen LogP contribution in [0.25, 0.3) is 0 Å². The van der Waals surface area contributed by atoms with E-state index in [0.717, 1.165) is 32.1 Å². The molecule has 0 heterocycles. The first-order valence-electron chi connectivity index (χ1n) is 16.4. The summed E-state index contributed by atoms with van der Waals surface area (Å²) in [5.41, 5.74) is 0.474. The summed E-state index contributed by atoms with van der Waals surface area (Å²) in [4.78, 5) is 0. The number of fused-ring (bicyclic) bond motifs is 5. The van der Waals surface area contributed by atoms with Gasteiger partial charge in [0.05, 0.1) is 6.10 Å². The molecule has 0 radical (unpaired) electrons. The number of rotatable bonds is 11. The molecule has 0 amide bonds. The largest absolute Gasteiger partial charge is 1.00 e. The second-order valence-corrected chi connectivity index (χ2v) is 19.0. The maximum atomic E-state index is 12.0. The molecule has 0 saturated heterocycles. The van der Waals surface area contributed by atoms with Gasteiger partial charge in [-0.25, -0.2) is 25.3 Å². The van der Waals surface area contributed by atoms with E-state index in [1.807, 2.05) is 6.92 Å². The fourth-order valence-electron chi connectivity index (χ4n) is 10.2. The normalized spacial score (nSPS) is 37.4. The molecule has 18 heteroatoms. The van der Waals surface area contributed by atoms with Crippen LogP contribution >= 0.6 is 0 Å². The van der Waals surface area contributed by atoms with Crippen molar-refractivity contribution in [2.75, 3.05) is 0 Å². The summed E-state index contributed by atoms with van der Waals surface area (Å²) < 4.78 is 120. The molecular weight excluding hydrogens is 729 g/mol. The van der Waals surface area contributed by atoms with Crippen LogP contribution in [0.3, 0.4) is 0 Å². The average Bonchev–Trinajstić information content (AvgIpc) is 3.22. The monoisotopic (exact) mass is 780 g/mol. The van der Waals surface area contributed by atoms with E-state index in [4.69, 9.17) is 8.37 Å². The molecule has 0 aromatic carbocycles. The summed E-state index contributed by atoms with van der Waals surface area (Å²) in [5.74, 6) is 0.531. The van der Waals surface area contributed by atoms with Crippen molar-refractivity contribution < 1.29 is 140 Å². The SMILES string of the molecule is C/C(=C\CC(C)[C@H]1CCC2C3C[C@H](OS(=O)(=O)[O-])[C@H]4C[C@H](OS(=O)(=O)[O-])[C@@H](OS(=O)(=O)[O-])C[C@]4(C)C3CC[C@@]21C)C(C)(C)C(C)C.[Na+].[Na+].[Na+]. The molecule has 4 rings (SSSR count). The Morgan fingerprint density at radius 3 is 1.76 bits per heavy atom. The third-order valence-electron chi connectivity index (χ3n) is 13.4. The summed E-state index contributed by atoms with van der Waals surface area (Å²) in [7, 11) is -15.9. The van der Waals surface area contributed by atoms with Crippen LogP contribution in [0.2, 0.25) is 0 Å². The van der Waals surface area contributed by atoms with E-state index >= 15 is 0 Å². The molecule has 0 aromatic heterocycles. The molecule has 4 aliphatic rings. The molecule has 11 atom stereocenters. The minimum atomic E-state index is -5.35. The van der Waals surface area contributed by atoms with Crippen molar-refractivity contribution in [3.05, 3.63) is 11.6 Å². The Bertz CT molecular complexity index is 1500. The predicted molar refractivity (Wildman–Crippen MR) is 166 cm³/mol. The second-order valence-electron chi connectivity index (χ2n) is 16.0. The molecule has 0 aliphatic heterocycles. The van der Waals surface area contributed by atoms with Crippen molar-refractivity contribution in [2.24, 2.45) is 57.7 Å². The Morgan fingerprint density at radius 2 is 1.24 bits per heavy atom. The zero-order valence-corrected chi connectivity index (χ0v) is 39.6. The first-order chi connectivity index (χ1) is 20.8. The molecule has 4 aliphatic carbocycles. The van der Waals surface area contributed by atoms with Gasteiger partial charge in [-0.05, 0) is 116 Å². The Balaban J connectivity index is 0.00000400. The van der Waals surface area contributed by atoms with Crippen molar-refractivity contribution in [3.8, 4) is 0 Å². The summed E-state index contributed by atoms with van der Waals surface area (Å²) in [6, 6.07) is 0. The average molecular weight is 781 g/mol. The number of hydrogen-bond donors (Lipinski definition) is 0. The van der Waals surface area contributed by atoms with Crippen LogP contribution in [0.15, 0.2) is 11.6 Å². The Kier molecular flexibility index (Phi) is 17.8. The topological polar surface area (TPSA) is 199 Å². The van der Waals surface area contributed by atoms with Gasteiger partial charge in [0, 0.05) is 0 Å². The third kappa shape index (κ3) is 11.2. The fourth-order valence-corrected chi connectivity index (χ4v) is 11.8. The predicted octanol–water partition coefficient (Wildman–Crippen LogP) is -3.93. The molecule has 49 heavy (non-hydrogen) atoms. The molecule has 268 valence electrons. The Morgan fingerprint density at radius 1 is 0.755 bits per heavy atom. The molecule has 4 fully saturated rings. The van der Waals surface area contributed by atoms with E-state index in [0.29, 0.717) is 17.8 Å². The van der Waals surface area contributed by atoms with Gasteiger partial charge in [-0.1, -0.05) is 60.1 Å². The fraction of sp³-hybridized carbons (Fsp3) is 0.935. The van der Waals surface area contributed by atoms with E-state index in [1.54, 1.807) is 0 Å². The number of allylic oxidation sites excluding steroid dienone is 2. The van der Waals surface area contributed by atoms with Crippen molar-refractivity contribution in [1.29, 1.82) is 0 Å². The van der Waals surface area contributed by atoms with E-state index in [2.05, 4.69) is 58.7 Å². The second kappa shape index (κ2) is 17.7. The maximum Gasteiger partial charge on any atom is 1.00 e. The van der Waals surface area contributed by atoms with Crippen LogP contribution in [0.4, 0.5) is 0 Å². The van der Waals surface area contributed by atoms with Gasteiger partial charge < -0.3 is 13.7 Å². The Hall–Kier alpha value is 2.35. The van der Waals surface area contributed by atoms with E-state index < -0.39 is 60.8 Å². The van der Waals surface area contributed by atoms with Crippen molar-refractivity contribution in [2.45, 2.75) is 125 Å². The molecule has 4 unspecified atom stereocenters. The van der Waals surface area contributed by atoms with Gasteiger partial charge in [0.15, 0.2) is 0 Å². The zero-order valence-electron chi connectivity index (χ0n) is 31.1. The smallest absolute Gasteiger partial charge is 0.726 e. The molecule has 0 N–H and O–H groups in total. The standard InChI is InChI=1S/C31H54O12S3.3Na/c1-18(2)29(5,6)20(4)10-9-19(3)22-11-12-23-21-15-26(41-44(32,33)34)25-16-27(42-45(35,36)37)28(43-46(38,39)40)17-31(25,8)24(21)13-14-30(22,23)7;;;/h10,18-19,21-28H,9,11-17H2,1-8H3,(H,32,33,34)(H,35,36,37)(H,38,39,40);;;/q;3*+1/p-3/b20-10+;;;/t19?,21?,22-,23?,24?,25-,26+,27+,28+,30-,31-;;;/m1.../s1. The molecule has 4 saturated carbocycles. The van der Waals surface area contributed by atoms with E-state index in [1.165, 1.54) is 5.57 Å². The molecule has 0 bridgehead atoms. The minimum Gasteiger partial charge on any atom is -0.726 e. The van der Waals surface area contributed by atoms with Gasteiger partial charge in [0.2, 0.25) is 31.2 Å². The third-order valence-corrected chi connectivity index (χ3v) is 14.8. The van der Waals surface area contributed by atoms with E-state index in [9.17, 15) is 38.9 Å². The van der Waals surface area contributed by atoms with E-state index in [-0.39, 0.29) is 137 Å². The molecule has 0 spiro atoms. The Labute approximate surface area is 361 Å².